The molecule has 132 valence electrons. The zero-order valence-electron chi connectivity index (χ0n) is 14.9. The molecular weight excluding hydrogens is 314 g/mol. The maximum atomic E-state index is 11.1. The molecule has 1 aliphatic heterocycles. The van der Waals surface area contributed by atoms with Crippen molar-refractivity contribution in [3.8, 4) is 0 Å². The number of carboxylic acid groups (broad SMARTS) is 1. The van der Waals surface area contributed by atoms with Gasteiger partial charge < -0.3 is 5.11 Å². The second-order valence-corrected chi connectivity index (χ2v) is 7.20. The molecule has 5 heteroatoms. The summed E-state index contributed by atoms with van der Waals surface area (Å²) in [5, 5.41) is 9.11. The lowest BCUT2D eigenvalue weighted by Gasteiger charge is -2.16. The lowest BCUT2D eigenvalue weighted by atomic mass is 9.97. The van der Waals surface area contributed by atoms with Crippen LogP contribution in [0.4, 0.5) is 0 Å². The van der Waals surface area contributed by atoms with Crippen molar-refractivity contribution < 1.29 is 9.90 Å². The highest BCUT2D eigenvalue weighted by molar-refractivity contribution is 5.87. The normalized spacial score (nSPS) is 18.0. The van der Waals surface area contributed by atoms with Crippen LogP contribution in [0.2, 0.25) is 0 Å². The van der Waals surface area contributed by atoms with Crippen molar-refractivity contribution in [1.29, 1.82) is 0 Å². The second-order valence-electron chi connectivity index (χ2n) is 7.20. The Hall–Kier alpha value is -2.27. The highest BCUT2D eigenvalue weighted by atomic mass is 16.4. The van der Waals surface area contributed by atoms with Crippen molar-refractivity contribution in [3.63, 3.8) is 0 Å². The summed E-state index contributed by atoms with van der Waals surface area (Å²) < 4.78 is 0. The van der Waals surface area contributed by atoms with E-state index in [1.807, 2.05) is 24.5 Å². The fourth-order valence-electron chi connectivity index (χ4n) is 3.39. The Morgan fingerprint density at radius 1 is 1.28 bits per heavy atom. The van der Waals surface area contributed by atoms with Gasteiger partial charge in [0, 0.05) is 37.0 Å². The molecule has 1 N–H and O–H groups in total. The third-order valence-electron chi connectivity index (χ3n) is 4.72. The van der Waals surface area contributed by atoms with Crippen LogP contribution in [-0.4, -0.2) is 39.0 Å². The quantitative estimate of drug-likeness (QED) is 0.874. The first kappa shape index (κ1) is 17.5. The molecule has 1 fully saturated rings. The average molecular weight is 339 g/mol. The summed E-state index contributed by atoms with van der Waals surface area (Å²) in [4.78, 5) is 22.4. The summed E-state index contributed by atoms with van der Waals surface area (Å²) in [7, 11) is 0. The van der Waals surface area contributed by atoms with E-state index in [0.29, 0.717) is 17.4 Å². The van der Waals surface area contributed by atoms with Crippen molar-refractivity contribution >= 4 is 5.97 Å². The van der Waals surface area contributed by atoms with Gasteiger partial charge >= 0.3 is 5.97 Å². The number of hydrogen-bond donors (Lipinski definition) is 1. The molecule has 0 bridgehead atoms. The monoisotopic (exact) mass is 339 g/mol. The third kappa shape index (κ3) is 4.63. The number of aromatic carboxylic acids is 1. The maximum absolute atomic E-state index is 11.1. The average Bonchev–Trinajstić information content (AvgIpc) is 3.02. The van der Waals surface area contributed by atoms with Crippen LogP contribution in [0.3, 0.4) is 0 Å². The van der Waals surface area contributed by atoms with Crippen LogP contribution in [-0.2, 0) is 13.0 Å². The Morgan fingerprint density at radius 3 is 2.72 bits per heavy atom. The van der Waals surface area contributed by atoms with Gasteiger partial charge in [0.25, 0.3) is 0 Å². The molecule has 1 aromatic heterocycles. The number of carbonyl (C=O) groups is 1. The zero-order valence-corrected chi connectivity index (χ0v) is 14.9. The van der Waals surface area contributed by atoms with Crippen LogP contribution >= 0.6 is 0 Å². The molecule has 0 saturated carbocycles. The first-order chi connectivity index (χ1) is 12.0. The number of likely N-dealkylation sites (tertiary alicyclic amines) is 1. The number of carboxylic acids is 1. The van der Waals surface area contributed by atoms with Gasteiger partial charge in [-0.2, -0.15) is 0 Å². The molecule has 25 heavy (non-hydrogen) atoms. The highest BCUT2D eigenvalue weighted by Gasteiger charge is 2.23. The van der Waals surface area contributed by atoms with Gasteiger partial charge in [-0.15, -0.1) is 0 Å². The predicted molar refractivity (Wildman–Crippen MR) is 96.6 cm³/mol. The SMILES string of the molecule is CC(C)c1ncc(CN2CCC(Cc3cccc(C(=O)O)c3)C2)cn1. The van der Waals surface area contributed by atoms with Crippen molar-refractivity contribution in [2.75, 3.05) is 13.1 Å². The van der Waals surface area contributed by atoms with Crippen molar-refractivity contribution in [1.82, 2.24) is 14.9 Å². The molecular formula is C20H25N3O2. The minimum atomic E-state index is -0.861. The van der Waals surface area contributed by atoms with Gasteiger partial charge in [-0.1, -0.05) is 26.0 Å². The molecule has 5 nitrogen and oxygen atoms in total. The number of rotatable bonds is 6. The van der Waals surface area contributed by atoms with Crippen LogP contribution < -0.4 is 0 Å². The van der Waals surface area contributed by atoms with Crippen LogP contribution in [0.1, 0.15) is 53.5 Å². The molecule has 2 heterocycles. The van der Waals surface area contributed by atoms with E-state index in [0.717, 1.165) is 49.4 Å². The van der Waals surface area contributed by atoms with Gasteiger partial charge in [0.2, 0.25) is 0 Å². The minimum absolute atomic E-state index is 0.354. The molecule has 1 aromatic carbocycles. The van der Waals surface area contributed by atoms with Gasteiger partial charge in [0.05, 0.1) is 5.56 Å². The fraction of sp³-hybridized carbons (Fsp3) is 0.450. The first-order valence-corrected chi connectivity index (χ1v) is 8.86. The molecule has 2 aromatic rings. The maximum Gasteiger partial charge on any atom is 0.335 e. The Kier molecular flexibility index (Phi) is 5.43. The largest absolute Gasteiger partial charge is 0.478 e. The van der Waals surface area contributed by atoms with E-state index in [2.05, 4.69) is 28.7 Å². The van der Waals surface area contributed by atoms with Gasteiger partial charge in [-0.3, -0.25) is 4.90 Å². The molecule has 0 radical (unpaired) electrons. The van der Waals surface area contributed by atoms with Crippen LogP contribution in [0.15, 0.2) is 36.7 Å². The lowest BCUT2D eigenvalue weighted by Crippen LogP contribution is -2.21. The minimum Gasteiger partial charge on any atom is -0.478 e. The first-order valence-electron chi connectivity index (χ1n) is 8.86. The number of benzene rings is 1. The highest BCUT2D eigenvalue weighted by Crippen LogP contribution is 2.23. The topological polar surface area (TPSA) is 66.3 Å². The van der Waals surface area contributed by atoms with E-state index in [4.69, 9.17) is 5.11 Å². The summed E-state index contributed by atoms with van der Waals surface area (Å²) in [6.07, 6.45) is 5.95. The number of nitrogens with zero attached hydrogens (tertiary/aromatic N) is 3. The van der Waals surface area contributed by atoms with E-state index >= 15 is 0 Å². The fourth-order valence-corrected chi connectivity index (χ4v) is 3.39. The Bertz CT molecular complexity index is 728. The van der Waals surface area contributed by atoms with E-state index < -0.39 is 5.97 Å². The van der Waals surface area contributed by atoms with Crippen molar-refractivity contribution in [2.24, 2.45) is 5.92 Å². The number of hydrogen-bond acceptors (Lipinski definition) is 4. The Balaban J connectivity index is 1.55. The summed E-state index contributed by atoms with van der Waals surface area (Å²) in [6.45, 7) is 7.17. The predicted octanol–water partition coefficient (Wildman–Crippen LogP) is 3.36. The summed E-state index contributed by atoms with van der Waals surface area (Å²) >= 11 is 0. The van der Waals surface area contributed by atoms with Gasteiger partial charge in [0.15, 0.2) is 0 Å². The molecule has 0 amide bonds. The Morgan fingerprint density at radius 2 is 2.04 bits per heavy atom. The Labute approximate surface area is 148 Å². The van der Waals surface area contributed by atoms with Crippen LogP contribution in [0.5, 0.6) is 0 Å². The van der Waals surface area contributed by atoms with Crippen LogP contribution in [0.25, 0.3) is 0 Å². The standard InChI is InChI=1S/C20H25N3O2/c1-14(2)19-21-10-17(11-22-19)13-23-7-6-16(12-23)8-15-4-3-5-18(9-15)20(24)25/h3-5,9-11,14,16H,6-8,12-13H2,1-2H3,(H,24,25). The molecule has 1 unspecified atom stereocenters. The molecule has 0 aliphatic carbocycles. The molecule has 3 rings (SSSR count). The van der Waals surface area contributed by atoms with Gasteiger partial charge in [0.1, 0.15) is 5.82 Å². The molecule has 1 atom stereocenters. The summed E-state index contributed by atoms with van der Waals surface area (Å²) in [6, 6.07) is 7.30. The zero-order chi connectivity index (χ0) is 17.8. The van der Waals surface area contributed by atoms with Crippen molar-refractivity contribution in [3.05, 3.63) is 59.2 Å². The summed E-state index contributed by atoms with van der Waals surface area (Å²) in [5.74, 6) is 0.952. The van der Waals surface area contributed by atoms with Gasteiger partial charge in [-0.05, 0) is 43.0 Å². The van der Waals surface area contributed by atoms with Gasteiger partial charge in [-0.25, -0.2) is 14.8 Å². The lowest BCUT2D eigenvalue weighted by molar-refractivity contribution is 0.0696. The van der Waals surface area contributed by atoms with E-state index in [9.17, 15) is 4.79 Å². The van der Waals surface area contributed by atoms with E-state index in [1.165, 1.54) is 0 Å². The van der Waals surface area contributed by atoms with Crippen molar-refractivity contribution in [2.45, 2.75) is 39.2 Å². The smallest absolute Gasteiger partial charge is 0.335 e. The van der Waals surface area contributed by atoms with Crippen LogP contribution in [0, 0.1) is 5.92 Å². The number of aromatic nitrogens is 2. The second kappa shape index (κ2) is 7.74. The summed E-state index contributed by atoms with van der Waals surface area (Å²) in [5.41, 5.74) is 2.63. The molecule has 1 saturated heterocycles. The van der Waals surface area contributed by atoms with E-state index in [1.54, 1.807) is 12.1 Å². The third-order valence-corrected chi connectivity index (χ3v) is 4.72. The molecule has 0 spiro atoms. The van der Waals surface area contributed by atoms with E-state index in [-0.39, 0.29) is 0 Å². The molecule has 1 aliphatic rings.